The molecule has 1 nitrogen and oxygen atoms in total. The predicted octanol–water partition coefficient (Wildman–Crippen LogP) is 1.54. The second kappa shape index (κ2) is 2.36. The van der Waals surface area contributed by atoms with Crippen LogP contribution < -0.4 is 0 Å². The molecule has 0 unspecified atom stereocenters. The maximum absolute atomic E-state index is 3.61. The van der Waals surface area contributed by atoms with Gasteiger partial charge in [-0.2, -0.15) is 0 Å². The monoisotopic (exact) mass is 106 g/mol. The number of rotatable bonds is 2. The highest BCUT2D eigenvalue weighted by Crippen LogP contribution is 1.95. The molecule has 0 atom stereocenters. The zero-order valence-electron chi connectivity index (χ0n) is 4.65. The number of nitrogens with one attached hydrogen (secondary N) is 1. The molecule has 0 saturated carbocycles. The average molecular weight is 106 g/mol. The topological polar surface area (TPSA) is 15.8 Å². The maximum atomic E-state index is 3.61. The van der Waals surface area contributed by atoms with Crippen molar-refractivity contribution >= 4 is 0 Å². The van der Waals surface area contributed by atoms with E-state index < -0.39 is 0 Å². The minimum atomic E-state index is 0.931. The van der Waals surface area contributed by atoms with Crippen LogP contribution in [0.15, 0.2) is 24.9 Å². The summed E-state index contributed by atoms with van der Waals surface area (Å²) in [6.07, 6.45) is 7.56. The molecule has 1 N–H and O–H groups in total. The molecular weight excluding hydrogens is 98.1 g/mol. The second-order valence-corrected chi connectivity index (χ2v) is 1.65. The molecule has 1 rings (SSSR count). The Morgan fingerprint density at radius 1 is 1.88 bits per heavy atom. The van der Waals surface area contributed by atoms with Crippen LogP contribution in [0.5, 0.6) is 0 Å². The van der Waals surface area contributed by atoms with E-state index in [4.69, 9.17) is 0 Å². The summed E-state index contributed by atoms with van der Waals surface area (Å²) in [7, 11) is 0. The van der Waals surface area contributed by atoms with Gasteiger partial charge in [0, 0.05) is 6.20 Å². The summed E-state index contributed by atoms with van der Waals surface area (Å²) < 4.78 is 0. The normalized spacial score (nSPS) is 9.00. The number of aromatic amines is 1. The van der Waals surface area contributed by atoms with Crippen LogP contribution >= 0.6 is 0 Å². The second-order valence-electron chi connectivity index (χ2n) is 1.65. The molecule has 1 aromatic heterocycles. The third-order valence-corrected chi connectivity index (χ3v) is 0.979. The Hall–Kier alpha value is -0.980. The molecule has 1 heteroatoms. The van der Waals surface area contributed by atoms with E-state index in [9.17, 15) is 0 Å². The van der Waals surface area contributed by atoms with Gasteiger partial charge in [0.2, 0.25) is 0 Å². The molecule has 0 aliphatic carbocycles. The summed E-state index contributed by atoms with van der Waals surface area (Å²) in [5, 5.41) is 0. The molecule has 0 aromatic carbocycles. The quantitative estimate of drug-likeness (QED) is 0.550. The molecule has 0 aliphatic heterocycles. The molecule has 0 bridgehead atoms. The number of allylic oxidation sites excluding steroid dienone is 1. The predicted molar refractivity (Wildman–Crippen MR) is 33.5 cm³/mol. The van der Waals surface area contributed by atoms with E-state index in [2.05, 4.69) is 17.8 Å². The molecule has 1 aromatic rings. The smallest absolute Gasteiger partial charge is 0.0622 e. The van der Waals surface area contributed by atoms with Gasteiger partial charge in [-0.15, -0.1) is 6.58 Å². The zero-order valence-corrected chi connectivity index (χ0v) is 4.65. The van der Waals surface area contributed by atoms with E-state index >= 15 is 0 Å². The Morgan fingerprint density at radius 3 is 3.25 bits per heavy atom. The first-order valence-corrected chi connectivity index (χ1v) is 2.57. The molecule has 0 spiro atoms. The summed E-state index contributed by atoms with van der Waals surface area (Å²) >= 11 is 0. The molecule has 0 saturated heterocycles. The van der Waals surface area contributed by atoms with Crippen LogP contribution in [0.3, 0.4) is 0 Å². The molecule has 0 amide bonds. The van der Waals surface area contributed by atoms with Crippen molar-refractivity contribution in [3.63, 3.8) is 0 Å². The van der Waals surface area contributed by atoms with Crippen molar-refractivity contribution in [2.75, 3.05) is 0 Å². The van der Waals surface area contributed by atoms with Gasteiger partial charge in [0.15, 0.2) is 0 Å². The summed E-state index contributed by atoms with van der Waals surface area (Å²) in [5.41, 5.74) is 1.24. The summed E-state index contributed by atoms with van der Waals surface area (Å²) in [6.45, 7) is 3.61. The van der Waals surface area contributed by atoms with E-state index in [1.165, 1.54) is 5.56 Å². The van der Waals surface area contributed by atoms with Crippen LogP contribution in [0.2, 0.25) is 0 Å². The van der Waals surface area contributed by atoms with Crippen LogP contribution in [-0.2, 0) is 6.42 Å². The minimum absolute atomic E-state index is 0.931. The van der Waals surface area contributed by atoms with Gasteiger partial charge in [-0.05, 0) is 18.1 Å². The first kappa shape index (κ1) is 5.16. The van der Waals surface area contributed by atoms with Gasteiger partial charge < -0.3 is 4.98 Å². The highest BCUT2D eigenvalue weighted by atomic mass is 14.6. The van der Waals surface area contributed by atoms with E-state index in [-0.39, 0.29) is 0 Å². The van der Waals surface area contributed by atoms with Crippen molar-refractivity contribution in [1.82, 2.24) is 4.98 Å². The molecule has 8 heavy (non-hydrogen) atoms. The standard InChI is InChI=1S/C7H8N/c1-2-3-7-4-5-8-6-7/h2,4,6,8H,1,3H2. The van der Waals surface area contributed by atoms with E-state index in [1.54, 1.807) is 0 Å². The van der Waals surface area contributed by atoms with Crippen molar-refractivity contribution in [1.29, 1.82) is 0 Å². The van der Waals surface area contributed by atoms with Crippen molar-refractivity contribution in [3.05, 3.63) is 36.7 Å². The van der Waals surface area contributed by atoms with Gasteiger partial charge in [0.1, 0.15) is 0 Å². The van der Waals surface area contributed by atoms with Crippen LogP contribution in [0, 0.1) is 6.20 Å². The van der Waals surface area contributed by atoms with Crippen molar-refractivity contribution < 1.29 is 0 Å². The first-order valence-electron chi connectivity index (χ1n) is 2.57. The van der Waals surface area contributed by atoms with E-state index in [0.29, 0.717) is 0 Å². The lowest BCUT2D eigenvalue weighted by molar-refractivity contribution is 1.28. The largest absolute Gasteiger partial charge is 0.360 e. The Bertz CT molecular complexity index is 151. The number of hydrogen-bond acceptors (Lipinski definition) is 0. The third kappa shape index (κ3) is 0.997. The van der Waals surface area contributed by atoms with E-state index in [1.807, 2.05) is 18.3 Å². The fraction of sp³-hybridized carbons (Fsp3) is 0.143. The van der Waals surface area contributed by atoms with Crippen LogP contribution in [0.25, 0.3) is 0 Å². The SMILES string of the molecule is C=CCc1c[c][nH]c1. The van der Waals surface area contributed by atoms with Gasteiger partial charge >= 0.3 is 0 Å². The lowest BCUT2D eigenvalue weighted by Crippen LogP contribution is -1.70. The third-order valence-electron chi connectivity index (χ3n) is 0.979. The Kier molecular flexibility index (Phi) is 1.52. The highest BCUT2D eigenvalue weighted by molar-refractivity contribution is 5.10. The van der Waals surface area contributed by atoms with Crippen LogP contribution in [-0.4, -0.2) is 4.98 Å². The van der Waals surface area contributed by atoms with Gasteiger partial charge in [0.05, 0.1) is 6.20 Å². The zero-order chi connectivity index (χ0) is 5.82. The van der Waals surface area contributed by atoms with Gasteiger partial charge in [-0.25, -0.2) is 0 Å². The summed E-state index contributed by atoms with van der Waals surface area (Å²) in [4.78, 5) is 2.84. The molecule has 1 heterocycles. The summed E-state index contributed by atoms with van der Waals surface area (Å²) in [6, 6.07) is 1.92. The van der Waals surface area contributed by atoms with Crippen molar-refractivity contribution in [3.8, 4) is 0 Å². The Morgan fingerprint density at radius 2 is 2.75 bits per heavy atom. The average Bonchev–Trinajstić information content (AvgIpc) is 2.19. The van der Waals surface area contributed by atoms with Crippen LogP contribution in [0.1, 0.15) is 5.56 Å². The van der Waals surface area contributed by atoms with Crippen molar-refractivity contribution in [2.45, 2.75) is 6.42 Å². The molecule has 41 valence electrons. The number of H-pyrrole nitrogens is 1. The fourth-order valence-electron chi connectivity index (χ4n) is 0.595. The van der Waals surface area contributed by atoms with E-state index in [0.717, 1.165) is 6.42 Å². The minimum Gasteiger partial charge on any atom is -0.360 e. The molecule has 1 radical (unpaired) electrons. The fourth-order valence-corrected chi connectivity index (χ4v) is 0.595. The first-order chi connectivity index (χ1) is 3.93. The lowest BCUT2D eigenvalue weighted by atomic mass is 10.2. The molecule has 0 fully saturated rings. The van der Waals surface area contributed by atoms with Gasteiger partial charge in [0.25, 0.3) is 0 Å². The van der Waals surface area contributed by atoms with Gasteiger partial charge in [-0.1, -0.05) is 6.08 Å². The number of aromatic nitrogens is 1. The molecule has 0 aliphatic rings. The van der Waals surface area contributed by atoms with Crippen molar-refractivity contribution in [2.24, 2.45) is 0 Å². The lowest BCUT2D eigenvalue weighted by Gasteiger charge is -1.81. The Labute approximate surface area is 49.0 Å². The van der Waals surface area contributed by atoms with Crippen LogP contribution in [0.4, 0.5) is 0 Å². The summed E-state index contributed by atoms with van der Waals surface area (Å²) in [5.74, 6) is 0. The number of hydrogen-bond donors (Lipinski definition) is 1. The maximum Gasteiger partial charge on any atom is 0.0622 e. The Balaban J connectivity index is 2.62. The molecular formula is C7H8N. The van der Waals surface area contributed by atoms with Gasteiger partial charge in [-0.3, -0.25) is 0 Å². The highest BCUT2D eigenvalue weighted by Gasteiger charge is 1.84.